The summed E-state index contributed by atoms with van der Waals surface area (Å²) >= 11 is 0. The summed E-state index contributed by atoms with van der Waals surface area (Å²) < 4.78 is 10.4. The second-order valence-corrected chi connectivity index (χ2v) is 7.45. The summed E-state index contributed by atoms with van der Waals surface area (Å²) in [6.45, 7) is 0. The fourth-order valence-electron chi connectivity index (χ4n) is 3.27. The minimum absolute atomic E-state index is 0.787. The smallest absolute Gasteiger partial charge is 0.120 e. The van der Waals surface area contributed by atoms with E-state index in [0.717, 1.165) is 45.1 Å². The van der Waals surface area contributed by atoms with E-state index in [2.05, 4.69) is 45.3 Å². The molecule has 0 atom stereocenters. The molecule has 2 N–H and O–H groups in total. The summed E-state index contributed by atoms with van der Waals surface area (Å²) in [5.74, 6) is 1.57. The average Bonchev–Trinajstić information content (AvgIpc) is 2.90. The Morgan fingerprint density at radius 1 is 0.559 bits per heavy atom. The van der Waals surface area contributed by atoms with Crippen LogP contribution in [0, 0.1) is 0 Å². The first-order chi connectivity index (χ1) is 16.7. The second kappa shape index (κ2) is 11.3. The Morgan fingerprint density at radius 2 is 0.971 bits per heavy atom. The first-order valence-corrected chi connectivity index (χ1v) is 10.8. The van der Waals surface area contributed by atoms with Gasteiger partial charge in [0.1, 0.15) is 11.5 Å². The first-order valence-electron chi connectivity index (χ1n) is 10.8. The van der Waals surface area contributed by atoms with Gasteiger partial charge in [0, 0.05) is 12.1 Å². The summed E-state index contributed by atoms with van der Waals surface area (Å²) in [6.07, 6.45) is 3.58. The van der Waals surface area contributed by atoms with E-state index >= 15 is 0 Å². The number of nitrogens with zero attached hydrogens (tertiary/aromatic N) is 2. The molecular weight excluding hydrogens is 424 g/mol. The Kier molecular flexibility index (Phi) is 7.54. The lowest BCUT2D eigenvalue weighted by Gasteiger charge is -2.05. The van der Waals surface area contributed by atoms with Crippen molar-refractivity contribution in [2.24, 2.45) is 10.2 Å². The number of rotatable bonds is 9. The maximum atomic E-state index is 5.22. The number of hydrogen-bond acceptors (Lipinski definition) is 6. The predicted octanol–water partition coefficient (Wildman–Crippen LogP) is 6.26. The molecule has 0 aliphatic heterocycles. The van der Waals surface area contributed by atoms with Crippen molar-refractivity contribution in [3.8, 4) is 22.6 Å². The lowest BCUT2D eigenvalue weighted by atomic mass is 10.0. The quantitative estimate of drug-likeness (QED) is 0.233. The van der Waals surface area contributed by atoms with Crippen LogP contribution >= 0.6 is 0 Å². The summed E-state index contributed by atoms with van der Waals surface area (Å²) in [6, 6.07) is 31.8. The molecule has 4 aromatic rings. The third kappa shape index (κ3) is 6.23. The summed E-state index contributed by atoms with van der Waals surface area (Å²) in [4.78, 5) is 0. The lowest BCUT2D eigenvalue weighted by molar-refractivity contribution is 0.415. The highest BCUT2D eigenvalue weighted by molar-refractivity contribution is 5.83. The maximum Gasteiger partial charge on any atom is 0.120 e. The molecule has 4 aromatic carbocycles. The molecule has 0 radical (unpaired) electrons. The molecule has 0 heterocycles. The molecule has 0 unspecified atom stereocenters. The SMILES string of the molecule is COc1cccc(N/N=C/c2ccc(-c3ccc(/C=N/Nc4cccc(OC)c4)cc3)cc2)c1. The van der Waals surface area contributed by atoms with Crippen molar-refractivity contribution in [1.29, 1.82) is 0 Å². The molecule has 4 rings (SSSR count). The van der Waals surface area contributed by atoms with Crippen LogP contribution in [-0.4, -0.2) is 26.6 Å². The van der Waals surface area contributed by atoms with Crippen LogP contribution in [0.3, 0.4) is 0 Å². The lowest BCUT2D eigenvalue weighted by Crippen LogP contribution is -1.92. The Labute approximate surface area is 199 Å². The summed E-state index contributed by atoms with van der Waals surface area (Å²) in [5.41, 5.74) is 12.1. The van der Waals surface area contributed by atoms with Gasteiger partial charge in [-0.1, -0.05) is 60.7 Å². The van der Waals surface area contributed by atoms with E-state index in [4.69, 9.17) is 9.47 Å². The predicted molar refractivity (Wildman–Crippen MR) is 140 cm³/mol. The number of nitrogens with one attached hydrogen (secondary N) is 2. The van der Waals surface area contributed by atoms with E-state index in [9.17, 15) is 0 Å². The molecule has 0 aliphatic carbocycles. The molecule has 0 saturated carbocycles. The Morgan fingerprint density at radius 3 is 1.35 bits per heavy atom. The molecule has 0 aromatic heterocycles. The van der Waals surface area contributed by atoms with Crippen LogP contribution < -0.4 is 20.3 Å². The first kappa shape index (κ1) is 22.6. The maximum absolute atomic E-state index is 5.22. The summed E-state index contributed by atoms with van der Waals surface area (Å²) in [7, 11) is 3.29. The van der Waals surface area contributed by atoms with Crippen LogP contribution in [0.2, 0.25) is 0 Å². The number of hydrazone groups is 2. The van der Waals surface area contributed by atoms with Crippen molar-refractivity contribution >= 4 is 23.8 Å². The standard InChI is InChI=1S/C28H26N4O2/c1-33-27-7-3-5-25(17-27)31-29-19-21-9-13-23(14-10-21)24-15-11-22(12-16-24)20-30-32-26-6-4-8-28(18-26)34-2/h3-20,31-32H,1-2H3/b29-19+,30-20+. The van der Waals surface area contributed by atoms with Crippen molar-refractivity contribution in [3.63, 3.8) is 0 Å². The molecule has 34 heavy (non-hydrogen) atoms. The molecule has 6 nitrogen and oxygen atoms in total. The second-order valence-electron chi connectivity index (χ2n) is 7.45. The molecule has 0 fully saturated rings. The highest BCUT2D eigenvalue weighted by atomic mass is 16.5. The van der Waals surface area contributed by atoms with Gasteiger partial charge in [-0.25, -0.2) is 0 Å². The van der Waals surface area contributed by atoms with Crippen molar-refractivity contribution in [1.82, 2.24) is 0 Å². The zero-order valence-electron chi connectivity index (χ0n) is 19.1. The zero-order chi connectivity index (χ0) is 23.6. The average molecular weight is 451 g/mol. The van der Waals surface area contributed by atoms with Gasteiger partial charge in [-0.2, -0.15) is 10.2 Å². The van der Waals surface area contributed by atoms with E-state index < -0.39 is 0 Å². The molecule has 6 heteroatoms. The van der Waals surface area contributed by atoms with Crippen LogP contribution in [0.15, 0.2) is 107 Å². The third-order valence-corrected chi connectivity index (χ3v) is 5.11. The number of hydrogen-bond donors (Lipinski definition) is 2. The van der Waals surface area contributed by atoms with E-state index in [-0.39, 0.29) is 0 Å². The van der Waals surface area contributed by atoms with Crippen molar-refractivity contribution < 1.29 is 9.47 Å². The highest BCUT2D eigenvalue weighted by Gasteiger charge is 1.99. The van der Waals surface area contributed by atoms with Crippen molar-refractivity contribution in [2.75, 3.05) is 25.1 Å². The van der Waals surface area contributed by atoms with E-state index in [0.29, 0.717) is 0 Å². The Hall–Kier alpha value is -4.58. The van der Waals surface area contributed by atoms with Crippen molar-refractivity contribution in [3.05, 3.63) is 108 Å². The van der Waals surface area contributed by atoms with Gasteiger partial charge in [-0.05, 0) is 46.5 Å². The zero-order valence-corrected chi connectivity index (χ0v) is 19.1. The number of ether oxygens (including phenoxy) is 2. The molecule has 0 bridgehead atoms. The number of benzene rings is 4. The van der Waals surface area contributed by atoms with Gasteiger partial charge in [-0.3, -0.25) is 10.9 Å². The molecule has 0 spiro atoms. The van der Waals surface area contributed by atoms with Crippen LogP contribution in [-0.2, 0) is 0 Å². The van der Waals surface area contributed by atoms with Crippen LogP contribution in [0.4, 0.5) is 11.4 Å². The van der Waals surface area contributed by atoms with Gasteiger partial charge in [0.2, 0.25) is 0 Å². The minimum atomic E-state index is 0.787. The normalized spacial score (nSPS) is 11.0. The molecule has 0 saturated heterocycles. The van der Waals surface area contributed by atoms with Gasteiger partial charge < -0.3 is 9.47 Å². The monoisotopic (exact) mass is 450 g/mol. The number of methoxy groups -OCH3 is 2. The topological polar surface area (TPSA) is 67.2 Å². The van der Waals surface area contributed by atoms with Gasteiger partial charge in [0.25, 0.3) is 0 Å². The third-order valence-electron chi connectivity index (χ3n) is 5.11. The minimum Gasteiger partial charge on any atom is -0.497 e. The molecule has 0 amide bonds. The van der Waals surface area contributed by atoms with E-state index in [1.54, 1.807) is 26.6 Å². The van der Waals surface area contributed by atoms with Gasteiger partial charge in [-0.15, -0.1) is 0 Å². The van der Waals surface area contributed by atoms with E-state index in [1.807, 2.05) is 72.8 Å². The van der Waals surface area contributed by atoms with Crippen LogP contribution in [0.5, 0.6) is 11.5 Å². The van der Waals surface area contributed by atoms with E-state index in [1.165, 1.54) is 0 Å². The molecular formula is C28H26N4O2. The fraction of sp³-hybridized carbons (Fsp3) is 0.0714. The van der Waals surface area contributed by atoms with Crippen molar-refractivity contribution in [2.45, 2.75) is 0 Å². The summed E-state index contributed by atoms with van der Waals surface area (Å²) in [5, 5.41) is 8.61. The molecule has 0 aliphatic rings. The fourth-order valence-corrected chi connectivity index (χ4v) is 3.27. The van der Waals surface area contributed by atoms with Crippen LogP contribution in [0.1, 0.15) is 11.1 Å². The van der Waals surface area contributed by atoms with Crippen LogP contribution in [0.25, 0.3) is 11.1 Å². The van der Waals surface area contributed by atoms with Gasteiger partial charge in [0.05, 0.1) is 38.0 Å². The molecule has 170 valence electrons. The number of anilines is 2. The van der Waals surface area contributed by atoms with Gasteiger partial charge >= 0.3 is 0 Å². The highest BCUT2D eigenvalue weighted by Crippen LogP contribution is 2.21. The Balaban J connectivity index is 1.33. The Bertz CT molecular complexity index is 1170. The largest absolute Gasteiger partial charge is 0.497 e. The van der Waals surface area contributed by atoms with Gasteiger partial charge in [0.15, 0.2) is 0 Å².